The molecule has 0 saturated carbocycles. The summed E-state index contributed by atoms with van der Waals surface area (Å²) in [6.07, 6.45) is 0.479. The summed E-state index contributed by atoms with van der Waals surface area (Å²) in [5, 5.41) is 3.00. The maximum absolute atomic E-state index is 13.3. The van der Waals surface area contributed by atoms with Gasteiger partial charge in [-0.2, -0.15) is 0 Å². The van der Waals surface area contributed by atoms with Crippen LogP contribution in [0.4, 0.5) is 0 Å². The molecule has 0 radical (unpaired) electrons. The molecule has 1 unspecified atom stereocenters. The van der Waals surface area contributed by atoms with Crippen molar-refractivity contribution in [1.82, 2.24) is 10.2 Å². The van der Waals surface area contributed by atoms with Gasteiger partial charge in [0.25, 0.3) is 5.91 Å². The molecule has 2 aromatic carbocycles. The van der Waals surface area contributed by atoms with Crippen LogP contribution in [0.5, 0.6) is 17.2 Å². The van der Waals surface area contributed by atoms with Crippen LogP contribution in [0.15, 0.2) is 42.5 Å². The van der Waals surface area contributed by atoms with Crippen LogP contribution in [-0.2, 0) is 16.1 Å². The fourth-order valence-corrected chi connectivity index (χ4v) is 3.36. The summed E-state index contributed by atoms with van der Waals surface area (Å²) in [5.74, 6) is 1.09. The predicted octanol–water partition coefficient (Wildman–Crippen LogP) is 4.11. The number of benzene rings is 2. The van der Waals surface area contributed by atoms with Crippen molar-refractivity contribution in [1.29, 1.82) is 0 Å². The van der Waals surface area contributed by atoms with Crippen LogP contribution in [-0.4, -0.2) is 49.1 Å². The van der Waals surface area contributed by atoms with Crippen molar-refractivity contribution in [3.8, 4) is 17.2 Å². The van der Waals surface area contributed by atoms with Gasteiger partial charge in [0, 0.05) is 30.3 Å². The lowest BCUT2D eigenvalue weighted by Gasteiger charge is -2.33. The highest BCUT2D eigenvalue weighted by Crippen LogP contribution is 2.27. The summed E-state index contributed by atoms with van der Waals surface area (Å²) in [5.41, 5.74) is 1.67. The van der Waals surface area contributed by atoms with Gasteiger partial charge in [-0.3, -0.25) is 9.59 Å². The van der Waals surface area contributed by atoms with E-state index < -0.39 is 11.6 Å². The van der Waals surface area contributed by atoms with Crippen LogP contribution < -0.4 is 19.5 Å². The van der Waals surface area contributed by atoms with E-state index in [-0.39, 0.29) is 18.4 Å². The van der Waals surface area contributed by atoms with E-state index in [1.54, 1.807) is 37.3 Å². The zero-order valence-electron chi connectivity index (χ0n) is 20.7. The second-order valence-corrected chi connectivity index (χ2v) is 9.01. The number of carbonyl (C=O) groups excluding carboxylic acids is 2. The van der Waals surface area contributed by atoms with Gasteiger partial charge >= 0.3 is 0 Å². The molecule has 1 atom stereocenters. The van der Waals surface area contributed by atoms with Crippen molar-refractivity contribution in [2.45, 2.75) is 59.2 Å². The summed E-state index contributed by atoms with van der Waals surface area (Å²) in [4.78, 5) is 28.0. The van der Waals surface area contributed by atoms with Crippen LogP contribution >= 0.6 is 0 Å². The Labute approximate surface area is 197 Å². The van der Waals surface area contributed by atoms with E-state index in [1.807, 2.05) is 58.9 Å². The Hall–Kier alpha value is -3.22. The smallest absolute Gasteiger partial charge is 0.261 e. The van der Waals surface area contributed by atoms with Crippen LogP contribution in [0.1, 0.15) is 45.2 Å². The monoisotopic (exact) mass is 456 g/mol. The largest absolute Gasteiger partial charge is 0.496 e. The summed E-state index contributed by atoms with van der Waals surface area (Å²) in [6, 6.07) is 12.4. The third-order valence-corrected chi connectivity index (χ3v) is 5.04. The normalized spacial score (nSPS) is 12.0. The van der Waals surface area contributed by atoms with E-state index in [0.29, 0.717) is 30.2 Å². The number of nitrogens with zero attached hydrogens (tertiary/aromatic N) is 1. The van der Waals surface area contributed by atoms with Gasteiger partial charge in [-0.1, -0.05) is 36.8 Å². The molecule has 0 bridgehead atoms. The first-order chi connectivity index (χ1) is 15.6. The topological polar surface area (TPSA) is 77.1 Å². The summed E-state index contributed by atoms with van der Waals surface area (Å²) >= 11 is 0. The zero-order chi connectivity index (χ0) is 24.6. The Morgan fingerprint density at radius 1 is 0.970 bits per heavy atom. The highest BCUT2D eigenvalue weighted by molar-refractivity contribution is 5.88. The van der Waals surface area contributed by atoms with Crippen molar-refractivity contribution in [2.24, 2.45) is 0 Å². The van der Waals surface area contributed by atoms with Crippen molar-refractivity contribution in [3.05, 3.63) is 53.6 Å². The number of carbonyl (C=O) groups is 2. The Bertz CT molecular complexity index is 912. The molecule has 0 heterocycles. The van der Waals surface area contributed by atoms with E-state index in [0.717, 1.165) is 11.1 Å². The van der Waals surface area contributed by atoms with Crippen LogP contribution in [0.3, 0.4) is 0 Å². The summed E-state index contributed by atoms with van der Waals surface area (Å²) in [7, 11) is 3.10. The second kappa shape index (κ2) is 11.6. The molecule has 7 heteroatoms. The first-order valence-electron chi connectivity index (χ1n) is 11.1. The number of methoxy groups -OCH3 is 2. The lowest BCUT2D eigenvalue weighted by atomic mass is 10.1. The number of amides is 2. The maximum atomic E-state index is 13.3. The molecular formula is C26H36N2O5. The fourth-order valence-electron chi connectivity index (χ4n) is 3.36. The molecule has 2 aromatic rings. The molecule has 7 nitrogen and oxygen atoms in total. The van der Waals surface area contributed by atoms with E-state index in [1.165, 1.54) is 0 Å². The van der Waals surface area contributed by atoms with Gasteiger partial charge in [0.05, 0.1) is 14.2 Å². The molecule has 2 amide bonds. The Morgan fingerprint density at radius 2 is 1.52 bits per heavy atom. The molecule has 0 aliphatic rings. The minimum atomic E-state index is -0.624. The highest BCUT2D eigenvalue weighted by Gasteiger charge is 2.31. The van der Waals surface area contributed by atoms with E-state index in [9.17, 15) is 9.59 Å². The van der Waals surface area contributed by atoms with Gasteiger partial charge in [-0.25, -0.2) is 0 Å². The third-order valence-electron chi connectivity index (χ3n) is 5.04. The van der Waals surface area contributed by atoms with Crippen LogP contribution in [0.2, 0.25) is 0 Å². The first-order valence-corrected chi connectivity index (χ1v) is 11.1. The van der Waals surface area contributed by atoms with Gasteiger partial charge in [-0.15, -0.1) is 0 Å². The number of hydrogen-bond donors (Lipinski definition) is 1. The zero-order valence-corrected chi connectivity index (χ0v) is 20.7. The van der Waals surface area contributed by atoms with Crippen molar-refractivity contribution >= 4 is 11.8 Å². The summed E-state index contributed by atoms with van der Waals surface area (Å²) in [6.45, 7) is 9.75. The quantitative estimate of drug-likeness (QED) is 0.582. The molecular weight excluding hydrogens is 420 g/mol. The van der Waals surface area contributed by atoms with Crippen molar-refractivity contribution in [2.75, 3.05) is 20.8 Å². The number of hydrogen-bond acceptors (Lipinski definition) is 5. The Morgan fingerprint density at radius 3 is 2.00 bits per heavy atom. The van der Waals surface area contributed by atoms with E-state index >= 15 is 0 Å². The average molecular weight is 457 g/mol. The van der Waals surface area contributed by atoms with Gasteiger partial charge in [0.1, 0.15) is 23.3 Å². The van der Waals surface area contributed by atoms with Crippen molar-refractivity contribution in [3.63, 3.8) is 0 Å². The summed E-state index contributed by atoms with van der Waals surface area (Å²) < 4.78 is 16.3. The van der Waals surface area contributed by atoms with E-state index in [4.69, 9.17) is 14.2 Å². The number of rotatable bonds is 10. The molecule has 0 fully saturated rings. The highest BCUT2D eigenvalue weighted by atomic mass is 16.5. The molecule has 180 valence electrons. The lowest BCUT2D eigenvalue weighted by molar-refractivity contribution is -0.143. The third kappa shape index (κ3) is 8.00. The first kappa shape index (κ1) is 26.0. The molecule has 0 aliphatic carbocycles. The molecule has 2 rings (SSSR count). The standard InChI is InChI=1S/C26H36N2O5/c1-8-23(25(30)27-26(3,4)5)28(16-19-11-9-18(2)10-12-19)24(29)17-33-22-14-20(31-6)13-21(15-22)32-7/h9-15,23H,8,16-17H2,1-7H3,(H,27,30). The average Bonchev–Trinajstić information content (AvgIpc) is 2.77. The minimum Gasteiger partial charge on any atom is -0.496 e. The molecule has 0 aromatic heterocycles. The van der Waals surface area contributed by atoms with Gasteiger partial charge in [-0.05, 0) is 39.7 Å². The number of ether oxygens (including phenoxy) is 3. The van der Waals surface area contributed by atoms with Crippen LogP contribution in [0, 0.1) is 6.92 Å². The molecule has 0 aliphatic heterocycles. The predicted molar refractivity (Wildman–Crippen MR) is 129 cm³/mol. The van der Waals surface area contributed by atoms with Gasteiger partial charge in [0.15, 0.2) is 6.61 Å². The lowest BCUT2D eigenvalue weighted by Crippen LogP contribution is -2.54. The molecule has 0 saturated heterocycles. The minimum absolute atomic E-state index is 0.187. The number of nitrogens with one attached hydrogen (secondary N) is 1. The van der Waals surface area contributed by atoms with E-state index in [2.05, 4.69) is 5.32 Å². The second-order valence-electron chi connectivity index (χ2n) is 9.01. The fraction of sp³-hybridized carbons (Fsp3) is 0.462. The van der Waals surface area contributed by atoms with Gasteiger partial charge < -0.3 is 24.4 Å². The maximum Gasteiger partial charge on any atom is 0.261 e. The Kier molecular flexibility index (Phi) is 9.14. The molecule has 0 spiro atoms. The SMILES string of the molecule is CCC(C(=O)NC(C)(C)C)N(Cc1ccc(C)cc1)C(=O)COc1cc(OC)cc(OC)c1. The van der Waals surface area contributed by atoms with Crippen LogP contribution in [0.25, 0.3) is 0 Å². The molecule has 33 heavy (non-hydrogen) atoms. The van der Waals surface area contributed by atoms with Gasteiger partial charge in [0.2, 0.25) is 5.91 Å². The number of aryl methyl sites for hydroxylation is 1. The van der Waals surface area contributed by atoms with Crippen molar-refractivity contribution < 1.29 is 23.8 Å². The Balaban J connectivity index is 2.26. The molecule has 1 N–H and O–H groups in total.